The number of aromatic nitrogens is 2. The highest BCUT2D eigenvalue weighted by Gasteiger charge is 2.08. The van der Waals surface area contributed by atoms with Crippen LogP contribution in [0.4, 0.5) is 5.82 Å². The number of hydrogen-bond acceptors (Lipinski definition) is 3. The van der Waals surface area contributed by atoms with Crippen molar-refractivity contribution in [2.75, 3.05) is 5.32 Å². The van der Waals surface area contributed by atoms with Gasteiger partial charge in [0.2, 0.25) is 6.41 Å². The Labute approximate surface area is 74.5 Å². The van der Waals surface area contributed by atoms with E-state index in [9.17, 15) is 4.79 Å². The molecule has 0 fully saturated rings. The molecule has 1 rings (SSSR count). The summed E-state index contributed by atoms with van der Waals surface area (Å²) in [5, 5.41) is 6.34. The molecular weight excluding hydrogens is 176 g/mol. The second-order valence-corrected chi connectivity index (χ2v) is 2.60. The summed E-state index contributed by atoms with van der Waals surface area (Å²) in [6, 6.07) is 0. The largest absolute Gasteiger partial charge is 0.389 e. The average molecular weight is 184 g/mol. The van der Waals surface area contributed by atoms with Crippen LogP contribution in [0, 0.1) is 0 Å². The van der Waals surface area contributed by atoms with Crippen LogP contribution in [0.5, 0.6) is 0 Å². The van der Waals surface area contributed by atoms with Crippen LogP contribution < -0.4 is 11.1 Å². The minimum Gasteiger partial charge on any atom is -0.389 e. The third-order valence-electron chi connectivity index (χ3n) is 1.40. The monoisotopic (exact) mass is 184 g/mol. The molecule has 0 saturated carbocycles. The van der Waals surface area contributed by atoms with E-state index in [4.69, 9.17) is 18.0 Å². The third kappa shape index (κ3) is 1.42. The molecule has 0 bridgehead atoms. The molecule has 1 aromatic rings. The average Bonchev–Trinajstić information content (AvgIpc) is 2.34. The number of carbonyl (C=O) groups excluding carboxylic acids is 1. The topological polar surface area (TPSA) is 72.9 Å². The number of rotatable bonds is 3. The van der Waals surface area contributed by atoms with Gasteiger partial charge in [-0.2, -0.15) is 5.10 Å². The summed E-state index contributed by atoms with van der Waals surface area (Å²) in [7, 11) is 1.69. The summed E-state index contributed by atoms with van der Waals surface area (Å²) in [5.74, 6) is 0.512. The molecular formula is C6H8N4OS. The van der Waals surface area contributed by atoms with Gasteiger partial charge in [0, 0.05) is 7.05 Å². The number of nitrogens with zero attached hydrogens (tertiary/aromatic N) is 2. The number of hydrogen-bond donors (Lipinski definition) is 2. The lowest BCUT2D eigenvalue weighted by molar-refractivity contribution is -0.105. The smallest absolute Gasteiger partial charge is 0.212 e. The molecule has 0 aromatic carbocycles. The predicted octanol–water partition coefficient (Wildman–Crippen LogP) is -0.377. The highest BCUT2D eigenvalue weighted by Crippen LogP contribution is 2.12. The summed E-state index contributed by atoms with van der Waals surface area (Å²) >= 11 is 4.75. The molecule has 0 radical (unpaired) electrons. The summed E-state index contributed by atoms with van der Waals surface area (Å²) in [4.78, 5) is 10.4. The molecule has 0 aliphatic carbocycles. The van der Waals surface area contributed by atoms with Gasteiger partial charge in [-0.15, -0.1) is 0 Å². The van der Waals surface area contributed by atoms with E-state index >= 15 is 0 Å². The van der Waals surface area contributed by atoms with Gasteiger partial charge < -0.3 is 11.1 Å². The summed E-state index contributed by atoms with van der Waals surface area (Å²) in [5.41, 5.74) is 5.95. The molecule has 3 N–H and O–H groups in total. The van der Waals surface area contributed by atoms with Gasteiger partial charge in [0.15, 0.2) is 0 Å². The number of nitrogens with two attached hydrogens (primary N) is 1. The van der Waals surface area contributed by atoms with Crippen LogP contribution in [0.25, 0.3) is 0 Å². The van der Waals surface area contributed by atoms with Crippen molar-refractivity contribution < 1.29 is 4.79 Å². The van der Waals surface area contributed by atoms with E-state index in [2.05, 4.69) is 10.4 Å². The molecule has 0 atom stereocenters. The molecule has 1 heterocycles. The van der Waals surface area contributed by atoms with E-state index in [0.717, 1.165) is 0 Å². The van der Waals surface area contributed by atoms with Crippen molar-refractivity contribution in [1.29, 1.82) is 0 Å². The number of carbonyl (C=O) groups is 1. The molecule has 1 aromatic heterocycles. The quantitative estimate of drug-likeness (QED) is 0.496. The lowest BCUT2D eigenvalue weighted by Gasteiger charge is -2.01. The van der Waals surface area contributed by atoms with Crippen LogP contribution in [-0.2, 0) is 11.8 Å². The van der Waals surface area contributed by atoms with E-state index in [-0.39, 0.29) is 4.99 Å². The summed E-state index contributed by atoms with van der Waals surface area (Å²) in [6.45, 7) is 0. The fourth-order valence-corrected chi connectivity index (χ4v) is 0.994. The minimum atomic E-state index is 0.215. The molecule has 0 unspecified atom stereocenters. The Morgan fingerprint density at radius 1 is 1.92 bits per heavy atom. The highest BCUT2D eigenvalue weighted by molar-refractivity contribution is 7.80. The Morgan fingerprint density at radius 2 is 2.58 bits per heavy atom. The molecule has 64 valence electrons. The molecule has 5 nitrogen and oxygen atoms in total. The lowest BCUT2D eigenvalue weighted by atomic mass is 10.3. The van der Waals surface area contributed by atoms with Crippen molar-refractivity contribution in [3.63, 3.8) is 0 Å². The molecule has 0 aliphatic rings. The Morgan fingerprint density at radius 3 is 3.08 bits per heavy atom. The SMILES string of the molecule is Cn1ncc(C(N)=S)c1NC=O. The predicted molar refractivity (Wildman–Crippen MR) is 48.8 cm³/mol. The number of nitrogens with one attached hydrogen (secondary N) is 1. The first-order valence-electron chi connectivity index (χ1n) is 3.18. The second kappa shape index (κ2) is 3.31. The second-order valence-electron chi connectivity index (χ2n) is 2.16. The fraction of sp³-hybridized carbons (Fsp3) is 0.167. The van der Waals surface area contributed by atoms with Crippen LogP contribution in [-0.4, -0.2) is 21.2 Å². The zero-order chi connectivity index (χ0) is 9.14. The highest BCUT2D eigenvalue weighted by atomic mass is 32.1. The van der Waals surface area contributed by atoms with Crippen molar-refractivity contribution in [1.82, 2.24) is 9.78 Å². The molecule has 0 aliphatic heterocycles. The van der Waals surface area contributed by atoms with Gasteiger partial charge in [-0.25, -0.2) is 0 Å². The van der Waals surface area contributed by atoms with E-state index < -0.39 is 0 Å². The van der Waals surface area contributed by atoms with Gasteiger partial charge in [0.05, 0.1) is 11.8 Å². The summed E-state index contributed by atoms with van der Waals surface area (Å²) < 4.78 is 1.49. The third-order valence-corrected chi connectivity index (χ3v) is 1.62. The first kappa shape index (κ1) is 8.66. The number of amides is 1. The molecule has 0 spiro atoms. The van der Waals surface area contributed by atoms with Gasteiger partial charge >= 0.3 is 0 Å². The molecule has 1 amide bonds. The van der Waals surface area contributed by atoms with Gasteiger partial charge in [-0.3, -0.25) is 9.48 Å². The zero-order valence-corrected chi connectivity index (χ0v) is 7.26. The number of aryl methyl sites for hydroxylation is 1. The number of thiocarbonyl (C=S) groups is 1. The van der Waals surface area contributed by atoms with Crippen LogP contribution in [0.15, 0.2) is 6.20 Å². The Bertz CT molecular complexity index is 319. The molecule has 0 saturated heterocycles. The first-order chi connectivity index (χ1) is 5.66. The van der Waals surface area contributed by atoms with Crippen LogP contribution in [0.1, 0.15) is 5.56 Å². The fourth-order valence-electron chi connectivity index (χ4n) is 0.845. The van der Waals surface area contributed by atoms with Gasteiger partial charge in [0.25, 0.3) is 0 Å². The van der Waals surface area contributed by atoms with Crippen molar-refractivity contribution in [3.8, 4) is 0 Å². The Hall–Kier alpha value is -1.43. The summed E-state index contributed by atoms with van der Waals surface area (Å²) in [6.07, 6.45) is 2.06. The Balaban J connectivity index is 3.11. The normalized spacial score (nSPS) is 9.42. The zero-order valence-electron chi connectivity index (χ0n) is 6.44. The van der Waals surface area contributed by atoms with Crippen molar-refractivity contribution in [3.05, 3.63) is 11.8 Å². The van der Waals surface area contributed by atoms with E-state index in [1.807, 2.05) is 0 Å². The van der Waals surface area contributed by atoms with Crippen molar-refractivity contribution in [2.45, 2.75) is 0 Å². The van der Waals surface area contributed by atoms with Crippen molar-refractivity contribution in [2.24, 2.45) is 12.8 Å². The minimum absolute atomic E-state index is 0.215. The molecule has 6 heteroatoms. The Kier molecular flexibility index (Phi) is 2.39. The standard InChI is InChI=1S/C6H8N4OS/c1-10-6(8-3-11)4(2-9-10)5(7)12/h2-3H,1H3,(H2,7,12)(H,8,11). The van der Waals surface area contributed by atoms with E-state index in [1.54, 1.807) is 7.05 Å². The maximum Gasteiger partial charge on any atom is 0.212 e. The van der Waals surface area contributed by atoms with Crippen molar-refractivity contribution >= 4 is 29.4 Å². The first-order valence-corrected chi connectivity index (χ1v) is 3.59. The van der Waals surface area contributed by atoms with Crippen LogP contribution >= 0.6 is 12.2 Å². The number of anilines is 1. The molecule has 12 heavy (non-hydrogen) atoms. The van der Waals surface area contributed by atoms with Crippen LogP contribution in [0.2, 0.25) is 0 Å². The van der Waals surface area contributed by atoms with Gasteiger partial charge in [0.1, 0.15) is 10.8 Å². The van der Waals surface area contributed by atoms with Gasteiger partial charge in [-0.05, 0) is 0 Å². The van der Waals surface area contributed by atoms with E-state index in [1.165, 1.54) is 10.9 Å². The van der Waals surface area contributed by atoms with E-state index in [0.29, 0.717) is 17.8 Å². The van der Waals surface area contributed by atoms with Crippen LogP contribution in [0.3, 0.4) is 0 Å². The maximum atomic E-state index is 10.2. The maximum absolute atomic E-state index is 10.2. The lowest BCUT2D eigenvalue weighted by Crippen LogP contribution is -2.12. The van der Waals surface area contributed by atoms with Gasteiger partial charge in [-0.1, -0.05) is 12.2 Å².